The number of nitrogens with zero attached hydrogens (tertiary/aromatic N) is 4. The first-order valence-electron chi connectivity index (χ1n) is 5.44. The van der Waals surface area contributed by atoms with E-state index in [-0.39, 0.29) is 0 Å². The second-order valence-corrected chi connectivity index (χ2v) is 3.33. The Labute approximate surface area is 98.7 Å². The van der Waals surface area contributed by atoms with E-state index in [0.29, 0.717) is 18.9 Å². The van der Waals surface area contributed by atoms with E-state index >= 15 is 0 Å². The molecule has 0 bridgehead atoms. The lowest BCUT2D eigenvalue weighted by Gasteiger charge is -2.06. The smallest absolute Gasteiger partial charge is 0.228 e. The Morgan fingerprint density at radius 1 is 1.24 bits per heavy atom. The van der Waals surface area contributed by atoms with Crippen LogP contribution in [0.3, 0.4) is 0 Å². The summed E-state index contributed by atoms with van der Waals surface area (Å²) in [4.78, 5) is 12.3. The molecule has 0 aliphatic rings. The van der Waals surface area contributed by atoms with Crippen LogP contribution < -0.4 is 10.6 Å². The summed E-state index contributed by atoms with van der Waals surface area (Å²) in [5.41, 5.74) is 0. The Balaban J connectivity index is 1.84. The summed E-state index contributed by atoms with van der Waals surface area (Å²) < 4.78 is 4.88. The Hall–Kier alpha value is -2.18. The molecule has 2 rings (SSSR count). The molecule has 0 aliphatic heterocycles. The van der Waals surface area contributed by atoms with E-state index in [1.807, 2.05) is 6.92 Å². The van der Waals surface area contributed by atoms with E-state index in [4.69, 9.17) is 4.52 Å². The van der Waals surface area contributed by atoms with Gasteiger partial charge in [0.15, 0.2) is 6.33 Å². The standard InChI is InChI=1S/C10H14N6O/c1-2-12-8-5-11-6-9(16-8)13-4-3-10-14-7-15-17-10/h5-7H,2-4H2,1H3,(H2,12,13,16). The fourth-order valence-electron chi connectivity index (χ4n) is 1.32. The summed E-state index contributed by atoms with van der Waals surface area (Å²) in [5, 5.41) is 9.77. The second-order valence-electron chi connectivity index (χ2n) is 3.33. The Bertz CT molecular complexity index is 444. The average molecular weight is 234 g/mol. The summed E-state index contributed by atoms with van der Waals surface area (Å²) in [5.74, 6) is 2.09. The number of anilines is 2. The molecule has 2 aromatic rings. The summed E-state index contributed by atoms with van der Waals surface area (Å²) in [7, 11) is 0. The molecule has 7 heteroatoms. The van der Waals surface area contributed by atoms with Crippen molar-refractivity contribution in [2.75, 3.05) is 23.7 Å². The summed E-state index contributed by atoms with van der Waals surface area (Å²) >= 11 is 0. The summed E-state index contributed by atoms with van der Waals surface area (Å²) in [6.45, 7) is 3.50. The minimum Gasteiger partial charge on any atom is -0.369 e. The van der Waals surface area contributed by atoms with Crippen molar-refractivity contribution in [3.8, 4) is 0 Å². The van der Waals surface area contributed by atoms with Gasteiger partial charge in [-0.2, -0.15) is 4.98 Å². The fourth-order valence-corrected chi connectivity index (χ4v) is 1.32. The van der Waals surface area contributed by atoms with Gasteiger partial charge in [-0.3, -0.25) is 4.98 Å². The molecule has 0 spiro atoms. The number of hydrogen-bond acceptors (Lipinski definition) is 7. The molecule has 0 fully saturated rings. The average Bonchev–Trinajstić information content (AvgIpc) is 2.83. The lowest BCUT2D eigenvalue weighted by molar-refractivity contribution is 0.379. The van der Waals surface area contributed by atoms with Gasteiger partial charge < -0.3 is 15.2 Å². The highest BCUT2D eigenvalue weighted by Crippen LogP contribution is 2.06. The Kier molecular flexibility index (Phi) is 3.85. The first-order chi connectivity index (χ1) is 8.38. The number of rotatable bonds is 6. The molecule has 2 N–H and O–H groups in total. The number of aromatic nitrogens is 4. The monoisotopic (exact) mass is 234 g/mol. The maximum atomic E-state index is 4.88. The van der Waals surface area contributed by atoms with Crippen LogP contribution in [0.15, 0.2) is 23.2 Å². The van der Waals surface area contributed by atoms with Crippen molar-refractivity contribution in [1.82, 2.24) is 20.1 Å². The summed E-state index contributed by atoms with van der Waals surface area (Å²) in [6.07, 6.45) is 5.41. The molecule has 0 saturated heterocycles. The third-order valence-corrected chi connectivity index (χ3v) is 2.04. The Morgan fingerprint density at radius 2 is 2.06 bits per heavy atom. The van der Waals surface area contributed by atoms with Crippen LogP contribution in [0.2, 0.25) is 0 Å². The maximum absolute atomic E-state index is 4.88. The lowest BCUT2D eigenvalue weighted by atomic mass is 10.4. The molecule has 0 radical (unpaired) electrons. The Morgan fingerprint density at radius 3 is 2.76 bits per heavy atom. The first-order valence-corrected chi connectivity index (χ1v) is 5.44. The molecule has 17 heavy (non-hydrogen) atoms. The molecule has 2 aromatic heterocycles. The zero-order valence-corrected chi connectivity index (χ0v) is 9.55. The van der Waals surface area contributed by atoms with Gasteiger partial charge in [-0.15, -0.1) is 0 Å². The molecule has 7 nitrogen and oxygen atoms in total. The topological polar surface area (TPSA) is 88.8 Å². The number of nitrogens with one attached hydrogen (secondary N) is 2. The molecule has 2 heterocycles. The van der Waals surface area contributed by atoms with Gasteiger partial charge in [-0.25, -0.2) is 4.98 Å². The molecule has 0 unspecified atom stereocenters. The molecule has 90 valence electrons. The van der Waals surface area contributed by atoms with Crippen LogP contribution in [-0.2, 0) is 6.42 Å². The summed E-state index contributed by atoms with van der Waals surface area (Å²) in [6, 6.07) is 0. The zero-order valence-electron chi connectivity index (χ0n) is 9.55. The normalized spacial score (nSPS) is 10.2. The van der Waals surface area contributed by atoms with Gasteiger partial charge in [-0.1, -0.05) is 5.16 Å². The second kappa shape index (κ2) is 5.78. The molecule has 0 aliphatic carbocycles. The van der Waals surface area contributed by atoms with Crippen molar-refractivity contribution in [2.24, 2.45) is 0 Å². The van der Waals surface area contributed by atoms with Crippen LogP contribution in [-0.4, -0.2) is 33.2 Å². The van der Waals surface area contributed by atoms with Crippen molar-refractivity contribution in [1.29, 1.82) is 0 Å². The SMILES string of the molecule is CCNc1cncc(NCCc2ncno2)n1. The van der Waals surface area contributed by atoms with Gasteiger partial charge >= 0.3 is 0 Å². The van der Waals surface area contributed by atoms with E-state index in [0.717, 1.165) is 18.2 Å². The fraction of sp³-hybridized carbons (Fsp3) is 0.400. The number of hydrogen-bond donors (Lipinski definition) is 2. The third-order valence-electron chi connectivity index (χ3n) is 2.04. The molecular formula is C10H14N6O. The van der Waals surface area contributed by atoms with Crippen LogP contribution >= 0.6 is 0 Å². The van der Waals surface area contributed by atoms with Gasteiger partial charge in [0.05, 0.1) is 12.4 Å². The molecule has 0 amide bonds. The van der Waals surface area contributed by atoms with Crippen LogP contribution in [0.5, 0.6) is 0 Å². The molecule has 0 saturated carbocycles. The van der Waals surface area contributed by atoms with Crippen LogP contribution in [0.25, 0.3) is 0 Å². The van der Waals surface area contributed by atoms with Gasteiger partial charge in [0.1, 0.15) is 11.6 Å². The minimum absolute atomic E-state index is 0.605. The van der Waals surface area contributed by atoms with E-state index in [2.05, 4.69) is 30.7 Å². The highest BCUT2D eigenvalue weighted by atomic mass is 16.5. The zero-order chi connectivity index (χ0) is 11.9. The van der Waals surface area contributed by atoms with Crippen molar-refractivity contribution in [2.45, 2.75) is 13.3 Å². The van der Waals surface area contributed by atoms with E-state index in [9.17, 15) is 0 Å². The van der Waals surface area contributed by atoms with Crippen molar-refractivity contribution in [3.63, 3.8) is 0 Å². The predicted molar refractivity (Wildman–Crippen MR) is 62.7 cm³/mol. The van der Waals surface area contributed by atoms with Gasteiger partial charge in [0.25, 0.3) is 0 Å². The van der Waals surface area contributed by atoms with Crippen molar-refractivity contribution in [3.05, 3.63) is 24.6 Å². The molecule has 0 aromatic carbocycles. The quantitative estimate of drug-likeness (QED) is 0.769. The van der Waals surface area contributed by atoms with E-state index in [1.165, 1.54) is 6.33 Å². The largest absolute Gasteiger partial charge is 0.369 e. The maximum Gasteiger partial charge on any atom is 0.228 e. The first kappa shape index (κ1) is 11.3. The van der Waals surface area contributed by atoms with Crippen molar-refractivity contribution >= 4 is 11.6 Å². The van der Waals surface area contributed by atoms with Crippen LogP contribution in [0.1, 0.15) is 12.8 Å². The highest BCUT2D eigenvalue weighted by molar-refractivity contribution is 5.41. The van der Waals surface area contributed by atoms with Crippen LogP contribution in [0, 0.1) is 0 Å². The van der Waals surface area contributed by atoms with Gasteiger partial charge in [0.2, 0.25) is 5.89 Å². The molecule has 0 atom stereocenters. The third kappa shape index (κ3) is 3.40. The van der Waals surface area contributed by atoms with Crippen LogP contribution in [0.4, 0.5) is 11.6 Å². The van der Waals surface area contributed by atoms with E-state index in [1.54, 1.807) is 12.4 Å². The lowest BCUT2D eigenvalue weighted by Crippen LogP contribution is -2.08. The van der Waals surface area contributed by atoms with E-state index < -0.39 is 0 Å². The highest BCUT2D eigenvalue weighted by Gasteiger charge is 2.00. The molecular weight excluding hydrogens is 220 g/mol. The van der Waals surface area contributed by atoms with Gasteiger partial charge in [0, 0.05) is 19.5 Å². The predicted octanol–water partition coefficient (Wildman–Crippen LogP) is 0.946. The van der Waals surface area contributed by atoms with Crippen molar-refractivity contribution < 1.29 is 4.52 Å². The van der Waals surface area contributed by atoms with Gasteiger partial charge in [-0.05, 0) is 6.92 Å². The minimum atomic E-state index is 0.605.